The molecule has 0 aliphatic heterocycles. The zero-order chi connectivity index (χ0) is 11.6. The number of anilines is 1. The van der Waals surface area contributed by atoms with Crippen molar-refractivity contribution in [1.29, 1.82) is 0 Å². The molecule has 0 saturated heterocycles. The summed E-state index contributed by atoms with van der Waals surface area (Å²) < 4.78 is 35.2. The van der Waals surface area contributed by atoms with E-state index in [1.165, 1.54) is 5.32 Å². The van der Waals surface area contributed by atoms with E-state index < -0.39 is 28.2 Å². The number of carbonyl (C=O) groups excluding carboxylic acids is 1. The van der Waals surface area contributed by atoms with Crippen LogP contribution in [0.1, 0.15) is 9.80 Å². The molecule has 0 radical (unpaired) electrons. The molecule has 1 aromatic rings. The quantitative estimate of drug-likeness (QED) is 0.796. The molecule has 1 heterocycles. The number of carbonyl (C=O) groups is 2. The zero-order valence-electron chi connectivity index (χ0n) is 6.70. The van der Waals surface area contributed by atoms with Crippen molar-refractivity contribution in [1.82, 2.24) is 10.2 Å². The molecule has 0 bridgehead atoms. The molecular weight excluding hydrogens is 239 g/mol. The van der Waals surface area contributed by atoms with Gasteiger partial charge >= 0.3 is 18.1 Å². The standard InChI is InChI=1S/C5H2F3N3O3S/c6-5(7,8)3(14)9-4-11-10-1(15-4)2(12)13/h(H,12,13)(H,9,11,14). The topological polar surface area (TPSA) is 92.2 Å². The molecule has 0 spiro atoms. The fraction of sp³-hybridized carbons (Fsp3) is 0.200. The Morgan fingerprint density at radius 3 is 2.33 bits per heavy atom. The van der Waals surface area contributed by atoms with Crippen molar-refractivity contribution >= 4 is 28.3 Å². The van der Waals surface area contributed by atoms with Gasteiger partial charge in [0, 0.05) is 0 Å². The Hall–Kier alpha value is -1.71. The molecule has 0 aliphatic carbocycles. The van der Waals surface area contributed by atoms with Crippen LogP contribution >= 0.6 is 11.3 Å². The number of aromatic nitrogens is 2. The lowest BCUT2D eigenvalue weighted by Crippen LogP contribution is -2.29. The Kier molecular flexibility index (Phi) is 2.88. The molecule has 10 heteroatoms. The average Bonchev–Trinajstić information content (AvgIpc) is 2.50. The third-order valence-corrected chi connectivity index (χ3v) is 1.91. The SMILES string of the molecule is O=C(O)c1nnc(NC(=O)C(F)(F)F)s1. The molecule has 0 saturated carbocycles. The van der Waals surface area contributed by atoms with Crippen LogP contribution in [0, 0.1) is 0 Å². The molecule has 0 aliphatic rings. The van der Waals surface area contributed by atoms with Crippen LogP contribution in [0.5, 0.6) is 0 Å². The first-order chi connectivity index (χ1) is 6.80. The predicted octanol–water partition coefficient (Wildman–Crippen LogP) is 0.737. The summed E-state index contributed by atoms with van der Waals surface area (Å²) in [7, 11) is 0. The van der Waals surface area contributed by atoms with Crippen LogP contribution in [0.15, 0.2) is 0 Å². The molecule has 82 valence electrons. The number of nitrogens with zero attached hydrogens (tertiary/aromatic N) is 2. The second-order valence-electron chi connectivity index (χ2n) is 2.17. The predicted molar refractivity (Wildman–Crippen MR) is 41.6 cm³/mol. The van der Waals surface area contributed by atoms with Gasteiger partial charge in [0.25, 0.3) is 0 Å². The van der Waals surface area contributed by atoms with Crippen molar-refractivity contribution in [2.75, 3.05) is 5.32 Å². The zero-order valence-corrected chi connectivity index (χ0v) is 7.52. The summed E-state index contributed by atoms with van der Waals surface area (Å²) in [5.41, 5.74) is 0. The van der Waals surface area contributed by atoms with Gasteiger partial charge in [-0.2, -0.15) is 13.2 Å². The van der Waals surface area contributed by atoms with Crippen molar-refractivity contribution in [3.05, 3.63) is 5.01 Å². The number of amides is 1. The minimum absolute atomic E-state index is 0.332. The Balaban J connectivity index is 2.74. The van der Waals surface area contributed by atoms with Crippen LogP contribution in [0.25, 0.3) is 0 Å². The van der Waals surface area contributed by atoms with Crippen molar-refractivity contribution in [2.45, 2.75) is 6.18 Å². The first-order valence-electron chi connectivity index (χ1n) is 3.25. The maximum Gasteiger partial charge on any atom is 0.471 e. The Bertz CT molecular complexity index is 402. The lowest BCUT2D eigenvalue weighted by atomic mass is 10.6. The molecular formula is C5H2F3N3O3S. The molecule has 0 unspecified atom stereocenters. The summed E-state index contributed by atoms with van der Waals surface area (Å²) in [6, 6.07) is 0. The maximum absolute atomic E-state index is 11.7. The summed E-state index contributed by atoms with van der Waals surface area (Å²) in [5.74, 6) is -3.66. The first kappa shape index (κ1) is 11.4. The molecule has 0 atom stereocenters. The highest BCUT2D eigenvalue weighted by molar-refractivity contribution is 7.17. The molecule has 0 aromatic carbocycles. The minimum atomic E-state index is -5.05. The van der Waals surface area contributed by atoms with Gasteiger partial charge in [-0.25, -0.2) is 4.79 Å². The third-order valence-electron chi connectivity index (χ3n) is 1.09. The van der Waals surface area contributed by atoms with Gasteiger partial charge in [0.2, 0.25) is 10.1 Å². The highest BCUT2D eigenvalue weighted by atomic mass is 32.1. The van der Waals surface area contributed by atoms with Gasteiger partial charge in [0.1, 0.15) is 0 Å². The maximum atomic E-state index is 11.7. The lowest BCUT2D eigenvalue weighted by molar-refractivity contribution is -0.167. The summed E-state index contributed by atoms with van der Waals surface area (Å²) in [6.07, 6.45) is -5.05. The number of rotatable bonds is 2. The van der Waals surface area contributed by atoms with Crippen LogP contribution in [-0.2, 0) is 4.79 Å². The van der Waals surface area contributed by atoms with E-state index in [0.29, 0.717) is 11.3 Å². The van der Waals surface area contributed by atoms with Gasteiger partial charge in [-0.05, 0) is 0 Å². The number of halogens is 3. The number of carboxylic acid groups (broad SMARTS) is 1. The van der Waals surface area contributed by atoms with Gasteiger partial charge in [0.05, 0.1) is 0 Å². The van der Waals surface area contributed by atoms with Gasteiger partial charge in [0.15, 0.2) is 0 Å². The highest BCUT2D eigenvalue weighted by Crippen LogP contribution is 2.20. The monoisotopic (exact) mass is 241 g/mol. The van der Waals surface area contributed by atoms with E-state index in [1.54, 1.807) is 0 Å². The Morgan fingerprint density at radius 1 is 1.33 bits per heavy atom. The number of alkyl halides is 3. The summed E-state index contributed by atoms with van der Waals surface area (Å²) in [4.78, 5) is 20.6. The van der Waals surface area contributed by atoms with Crippen LogP contribution in [0.4, 0.5) is 18.3 Å². The van der Waals surface area contributed by atoms with E-state index >= 15 is 0 Å². The Morgan fingerprint density at radius 2 is 1.93 bits per heavy atom. The van der Waals surface area contributed by atoms with Crippen molar-refractivity contribution in [2.24, 2.45) is 0 Å². The van der Waals surface area contributed by atoms with E-state index in [9.17, 15) is 22.8 Å². The number of hydrogen-bond acceptors (Lipinski definition) is 5. The first-order valence-corrected chi connectivity index (χ1v) is 4.07. The largest absolute Gasteiger partial charge is 0.476 e. The highest BCUT2D eigenvalue weighted by Gasteiger charge is 2.39. The molecule has 6 nitrogen and oxygen atoms in total. The fourth-order valence-corrected chi connectivity index (χ4v) is 1.11. The van der Waals surface area contributed by atoms with E-state index in [0.717, 1.165) is 0 Å². The van der Waals surface area contributed by atoms with Gasteiger partial charge in [-0.3, -0.25) is 10.1 Å². The number of hydrogen-bond donors (Lipinski definition) is 2. The van der Waals surface area contributed by atoms with Crippen molar-refractivity contribution in [3.63, 3.8) is 0 Å². The van der Waals surface area contributed by atoms with Crippen LogP contribution in [0.3, 0.4) is 0 Å². The fourth-order valence-electron chi connectivity index (χ4n) is 0.528. The van der Waals surface area contributed by atoms with Crippen LogP contribution < -0.4 is 5.32 Å². The number of carboxylic acids is 1. The Labute approximate surface area is 83.7 Å². The van der Waals surface area contributed by atoms with Crippen LogP contribution in [0.2, 0.25) is 0 Å². The summed E-state index contributed by atoms with van der Waals surface area (Å²) in [5, 5.41) is 14.8. The van der Waals surface area contributed by atoms with Crippen LogP contribution in [-0.4, -0.2) is 33.4 Å². The molecule has 0 fully saturated rings. The summed E-state index contributed by atoms with van der Waals surface area (Å²) >= 11 is 0.332. The molecule has 2 N–H and O–H groups in total. The summed E-state index contributed by atoms with van der Waals surface area (Å²) in [6.45, 7) is 0. The molecule has 1 amide bonds. The number of nitrogens with one attached hydrogen (secondary N) is 1. The van der Waals surface area contributed by atoms with Gasteiger partial charge in [-0.15, -0.1) is 10.2 Å². The van der Waals surface area contributed by atoms with E-state index in [-0.39, 0.29) is 0 Å². The van der Waals surface area contributed by atoms with E-state index in [1.807, 2.05) is 0 Å². The third kappa shape index (κ3) is 2.87. The van der Waals surface area contributed by atoms with Gasteiger partial charge in [-0.1, -0.05) is 11.3 Å². The second-order valence-corrected chi connectivity index (χ2v) is 3.15. The van der Waals surface area contributed by atoms with E-state index in [2.05, 4.69) is 10.2 Å². The normalized spacial score (nSPS) is 11.1. The average molecular weight is 241 g/mol. The molecule has 15 heavy (non-hydrogen) atoms. The van der Waals surface area contributed by atoms with E-state index in [4.69, 9.17) is 5.11 Å². The number of aromatic carboxylic acids is 1. The van der Waals surface area contributed by atoms with Crippen molar-refractivity contribution < 1.29 is 27.9 Å². The molecule has 1 aromatic heterocycles. The molecule has 1 rings (SSSR count). The van der Waals surface area contributed by atoms with Crippen molar-refractivity contribution in [3.8, 4) is 0 Å². The van der Waals surface area contributed by atoms with Gasteiger partial charge < -0.3 is 5.11 Å². The minimum Gasteiger partial charge on any atom is -0.476 e. The lowest BCUT2D eigenvalue weighted by Gasteiger charge is -2.03. The smallest absolute Gasteiger partial charge is 0.471 e. The second kappa shape index (κ2) is 3.81.